The van der Waals surface area contributed by atoms with E-state index < -0.39 is 17.6 Å². The Bertz CT molecular complexity index is 906. The molecule has 2 aromatic carbocycles. The molecule has 2 aromatic rings. The van der Waals surface area contributed by atoms with Crippen LogP contribution >= 0.6 is 31.9 Å². The highest BCUT2D eigenvalue weighted by Gasteiger charge is 2.10. The van der Waals surface area contributed by atoms with Gasteiger partial charge in [0.1, 0.15) is 11.6 Å². The Kier molecular flexibility index (Phi) is 8.01. The maximum Gasteiger partial charge on any atom is 0.276 e. The Morgan fingerprint density at radius 2 is 1.82 bits per heavy atom. The van der Waals surface area contributed by atoms with Crippen LogP contribution in [-0.4, -0.2) is 18.4 Å². The second kappa shape index (κ2) is 10.2. The van der Waals surface area contributed by atoms with Crippen molar-refractivity contribution in [2.75, 3.05) is 11.9 Å². The Morgan fingerprint density at radius 3 is 2.54 bits per heavy atom. The number of amides is 2. The van der Waals surface area contributed by atoms with E-state index in [1.165, 1.54) is 18.2 Å². The highest BCUT2D eigenvalue weighted by atomic mass is 79.9. The van der Waals surface area contributed by atoms with Gasteiger partial charge >= 0.3 is 0 Å². The summed E-state index contributed by atoms with van der Waals surface area (Å²) in [6.07, 6.45) is -0.146. The Morgan fingerprint density at radius 1 is 1.11 bits per heavy atom. The van der Waals surface area contributed by atoms with Crippen LogP contribution < -0.4 is 20.9 Å². The van der Waals surface area contributed by atoms with E-state index in [4.69, 9.17) is 4.74 Å². The van der Waals surface area contributed by atoms with Crippen LogP contribution in [0.1, 0.15) is 12.0 Å². The number of hydrogen-bond acceptors (Lipinski definition) is 4. The quantitative estimate of drug-likeness (QED) is 0.461. The monoisotopic (exact) mass is 513 g/mol. The average Bonchev–Trinajstić information content (AvgIpc) is 2.63. The topological polar surface area (TPSA) is 79.5 Å². The van der Waals surface area contributed by atoms with Crippen molar-refractivity contribution in [1.82, 2.24) is 10.9 Å². The van der Waals surface area contributed by atoms with Gasteiger partial charge in [-0.1, -0.05) is 34.6 Å². The third kappa shape index (κ3) is 6.65. The summed E-state index contributed by atoms with van der Waals surface area (Å²) >= 11 is 6.77. The predicted molar refractivity (Wildman–Crippen MR) is 112 cm³/mol. The molecule has 2 rings (SSSR count). The zero-order chi connectivity index (χ0) is 20.7. The molecule has 0 aliphatic heterocycles. The zero-order valence-electron chi connectivity index (χ0n) is 14.9. The van der Waals surface area contributed by atoms with Gasteiger partial charge in [-0.25, -0.2) is 4.39 Å². The van der Waals surface area contributed by atoms with Gasteiger partial charge < -0.3 is 15.5 Å². The molecule has 0 aliphatic rings. The Hall–Kier alpha value is -2.39. The van der Waals surface area contributed by atoms with E-state index in [1.807, 2.05) is 13.0 Å². The van der Waals surface area contributed by atoms with Gasteiger partial charge in [0.2, 0.25) is 5.91 Å². The van der Waals surface area contributed by atoms with E-state index in [1.54, 1.807) is 12.1 Å². The summed E-state index contributed by atoms with van der Waals surface area (Å²) in [4.78, 5) is 23.8. The molecule has 0 heterocycles. The first-order valence-electron chi connectivity index (χ1n) is 8.11. The minimum atomic E-state index is -0.533. The number of para-hydroxylation sites is 1. The summed E-state index contributed by atoms with van der Waals surface area (Å²) in [5.41, 5.74) is 6.20. The van der Waals surface area contributed by atoms with Crippen molar-refractivity contribution in [2.45, 2.75) is 13.3 Å². The van der Waals surface area contributed by atoms with Crippen LogP contribution in [0.3, 0.4) is 0 Å². The van der Waals surface area contributed by atoms with E-state index in [2.05, 4.69) is 54.6 Å². The molecule has 0 fully saturated rings. The minimum absolute atomic E-state index is 0.0769. The van der Waals surface area contributed by atoms with Crippen LogP contribution in [0.15, 0.2) is 57.6 Å². The fourth-order valence-corrected chi connectivity index (χ4v) is 3.18. The molecule has 0 unspecified atom stereocenters. The first-order valence-corrected chi connectivity index (χ1v) is 9.70. The van der Waals surface area contributed by atoms with Gasteiger partial charge in [0.25, 0.3) is 5.91 Å². The number of hydrazine groups is 1. The van der Waals surface area contributed by atoms with Crippen LogP contribution in [0.2, 0.25) is 0 Å². The van der Waals surface area contributed by atoms with E-state index >= 15 is 0 Å². The first kappa shape index (κ1) is 21.9. The highest BCUT2D eigenvalue weighted by molar-refractivity contribution is 9.11. The molecule has 2 amide bonds. The fraction of sp³-hybridized carbons (Fsp3) is 0.158. The molecule has 6 nitrogen and oxygen atoms in total. The van der Waals surface area contributed by atoms with Crippen molar-refractivity contribution in [1.29, 1.82) is 0 Å². The number of nitrogens with one attached hydrogen (secondary N) is 3. The van der Waals surface area contributed by atoms with E-state index in [-0.39, 0.29) is 24.4 Å². The SMILES string of the molecule is C=C(CC(=O)Nc1ccccc1F)NNC(=O)COc1cc(C)c(Br)cc1Br. The largest absolute Gasteiger partial charge is 0.483 e. The van der Waals surface area contributed by atoms with E-state index in [0.717, 1.165) is 10.0 Å². The van der Waals surface area contributed by atoms with Crippen molar-refractivity contribution >= 4 is 49.4 Å². The summed E-state index contributed by atoms with van der Waals surface area (Å²) < 4.78 is 20.6. The molecule has 0 saturated carbocycles. The van der Waals surface area contributed by atoms with Gasteiger partial charge in [0, 0.05) is 10.2 Å². The van der Waals surface area contributed by atoms with Crippen LogP contribution in [0.5, 0.6) is 5.75 Å². The number of carbonyl (C=O) groups is 2. The highest BCUT2D eigenvalue weighted by Crippen LogP contribution is 2.31. The number of benzene rings is 2. The van der Waals surface area contributed by atoms with Crippen molar-refractivity contribution in [3.63, 3.8) is 0 Å². The standard InChI is InChI=1S/C19H18Br2FN3O3/c1-11-7-17(14(21)9-13(11)20)28-10-19(27)25-24-12(2)8-18(26)23-16-6-4-3-5-15(16)22/h3-7,9,24H,2,8,10H2,1H3,(H,23,26)(H,25,27). The van der Waals surface area contributed by atoms with Gasteiger partial charge in [-0.05, 0) is 52.7 Å². The summed E-state index contributed by atoms with van der Waals surface area (Å²) in [5, 5.41) is 2.43. The van der Waals surface area contributed by atoms with Crippen LogP contribution in [0, 0.1) is 12.7 Å². The van der Waals surface area contributed by atoms with Crippen LogP contribution in [-0.2, 0) is 9.59 Å². The number of ether oxygens (including phenoxy) is 1. The lowest BCUT2D eigenvalue weighted by Crippen LogP contribution is -2.40. The second-order valence-corrected chi connectivity index (χ2v) is 7.51. The summed E-state index contributed by atoms with van der Waals surface area (Å²) in [6, 6.07) is 9.45. The van der Waals surface area contributed by atoms with Gasteiger partial charge in [-0.3, -0.25) is 15.0 Å². The summed E-state index contributed by atoms with van der Waals surface area (Å²) in [7, 11) is 0. The maximum atomic E-state index is 13.5. The number of rotatable bonds is 8. The second-order valence-electron chi connectivity index (χ2n) is 5.80. The molecule has 0 bridgehead atoms. The minimum Gasteiger partial charge on any atom is -0.483 e. The smallest absolute Gasteiger partial charge is 0.276 e. The van der Waals surface area contributed by atoms with Crippen molar-refractivity contribution in [3.8, 4) is 5.75 Å². The number of anilines is 1. The van der Waals surface area contributed by atoms with Crippen molar-refractivity contribution in [3.05, 3.63) is 69.0 Å². The lowest BCUT2D eigenvalue weighted by molar-refractivity contribution is -0.124. The van der Waals surface area contributed by atoms with Crippen LogP contribution in [0.25, 0.3) is 0 Å². The van der Waals surface area contributed by atoms with E-state index in [0.29, 0.717) is 10.2 Å². The maximum absolute atomic E-state index is 13.5. The van der Waals surface area contributed by atoms with Gasteiger partial charge in [-0.15, -0.1) is 0 Å². The molecule has 0 aromatic heterocycles. The molecule has 0 radical (unpaired) electrons. The lowest BCUT2D eigenvalue weighted by atomic mass is 10.2. The third-order valence-electron chi connectivity index (χ3n) is 3.47. The third-order valence-corrected chi connectivity index (χ3v) is 4.95. The average molecular weight is 515 g/mol. The van der Waals surface area contributed by atoms with Crippen molar-refractivity contribution < 1.29 is 18.7 Å². The number of aryl methyl sites for hydroxylation is 1. The lowest BCUT2D eigenvalue weighted by Gasteiger charge is -2.13. The summed E-state index contributed by atoms with van der Waals surface area (Å²) in [6.45, 7) is 5.32. The molecule has 148 valence electrons. The van der Waals surface area contributed by atoms with Gasteiger partial charge in [0.05, 0.1) is 16.6 Å². The Balaban J connectivity index is 1.75. The molecule has 0 saturated heterocycles. The van der Waals surface area contributed by atoms with Crippen molar-refractivity contribution in [2.24, 2.45) is 0 Å². The molecule has 28 heavy (non-hydrogen) atoms. The molecular formula is C19H18Br2FN3O3. The number of halogens is 3. The molecule has 0 atom stereocenters. The number of hydrogen-bond donors (Lipinski definition) is 3. The molecular weight excluding hydrogens is 497 g/mol. The fourth-order valence-electron chi connectivity index (χ4n) is 2.07. The predicted octanol–water partition coefficient (Wildman–Crippen LogP) is 4.20. The van der Waals surface area contributed by atoms with E-state index in [9.17, 15) is 14.0 Å². The summed E-state index contributed by atoms with van der Waals surface area (Å²) in [5.74, 6) is -0.932. The normalized spacial score (nSPS) is 10.1. The van der Waals surface area contributed by atoms with Gasteiger partial charge in [-0.2, -0.15) is 0 Å². The first-order chi connectivity index (χ1) is 13.3. The number of carbonyl (C=O) groups excluding carboxylic acids is 2. The Labute approximate surface area is 178 Å². The van der Waals surface area contributed by atoms with Gasteiger partial charge in [0.15, 0.2) is 6.61 Å². The van der Waals surface area contributed by atoms with Crippen LogP contribution in [0.4, 0.5) is 10.1 Å². The molecule has 0 spiro atoms. The molecule has 0 aliphatic carbocycles. The zero-order valence-corrected chi connectivity index (χ0v) is 18.1. The molecule has 3 N–H and O–H groups in total. The molecule has 9 heteroatoms.